The number of guanidine groups is 1. The minimum atomic E-state index is -2.95. The third-order valence-electron chi connectivity index (χ3n) is 4.67. The van der Waals surface area contributed by atoms with E-state index in [1.807, 2.05) is 25.1 Å². The van der Waals surface area contributed by atoms with Crippen molar-refractivity contribution >= 4 is 5.96 Å². The Balaban J connectivity index is 1.40. The van der Waals surface area contributed by atoms with Crippen LogP contribution in [-0.2, 0) is 13.0 Å². The Morgan fingerprint density at radius 2 is 1.71 bits per heavy atom. The van der Waals surface area contributed by atoms with Crippen LogP contribution in [0.15, 0.2) is 35.3 Å². The quantitative estimate of drug-likeness (QED) is 0.487. The van der Waals surface area contributed by atoms with Crippen LogP contribution >= 0.6 is 0 Å². The molecular weight excluding hydrogens is 412 g/mol. The topological polar surface area (TPSA) is 82.6 Å². The number of hydrogen-bond donors (Lipinski definition) is 2. The van der Waals surface area contributed by atoms with Crippen LogP contribution in [0.1, 0.15) is 18.1 Å². The molecule has 0 unspecified atom stereocenters. The molecule has 0 saturated heterocycles. The molecule has 0 fully saturated rings. The highest BCUT2D eigenvalue weighted by Gasteiger charge is 2.20. The summed E-state index contributed by atoms with van der Waals surface area (Å²) in [5.74, 6) is 2.91. The molecule has 0 aliphatic carbocycles. The van der Waals surface area contributed by atoms with Gasteiger partial charge in [0.1, 0.15) is 5.75 Å². The Morgan fingerprint density at radius 3 is 2.45 bits per heavy atom. The van der Waals surface area contributed by atoms with E-state index in [-0.39, 0.29) is 25.9 Å². The van der Waals surface area contributed by atoms with Gasteiger partial charge in [-0.25, -0.2) is 4.99 Å². The summed E-state index contributed by atoms with van der Waals surface area (Å²) in [6.45, 7) is 0.672. The zero-order valence-corrected chi connectivity index (χ0v) is 17.0. The van der Waals surface area contributed by atoms with Crippen LogP contribution in [0.25, 0.3) is 0 Å². The molecule has 2 aliphatic heterocycles. The molecule has 2 N–H and O–H groups in total. The van der Waals surface area contributed by atoms with E-state index in [9.17, 15) is 8.78 Å². The number of fused-ring (bicyclic) bond motifs is 2. The van der Waals surface area contributed by atoms with Crippen molar-refractivity contribution < 1.29 is 32.5 Å². The second-order valence-corrected chi connectivity index (χ2v) is 6.75. The molecule has 4 rings (SSSR count). The average Bonchev–Trinajstić information content (AvgIpc) is 3.39. The number of benzene rings is 2. The molecule has 0 radical (unpaired) electrons. The van der Waals surface area contributed by atoms with E-state index in [1.165, 1.54) is 6.07 Å². The molecule has 2 aliphatic rings. The highest BCUT2D eigenvalue weighted by molar-refractivity contribution is 5.79. The molecule has 2 heterocycles. The maximum absolute atomic E-state index is 12.8. The van der Waals surface area contributed by atoms with Crippen molar-refractivity contribution in [3.8, 4) is 28.7 Å². The van der Waals surface area contributed by atoms with Crippen LogP contribution in [0.3, 0.4) is 0 Å². The third kappa shape index (κ3) is 5.19. The normalized spacial score (nSPS) is 14.1. The molecule has 0 bridgehead atoms. The highest BCUT2D eigenvalue weighted by Crippen LogP contribution is 2.39. The average molecular weight is 435 g/mol. The smallest absolute Gasteiger partial charge is 0.387 e. The van der Waals surface area contributed by atoms with Crippen molar-refractivity contribution in [1.29, 1.82) is 0 Å². The fraction of sp³-hybridized carbons (Fsp3) is 0.381. The lowest BCUT2D eigenvalue weighted by atomic mass is 10.1. The van der Waals surface area contributed by atoms with E-state index in [4.69, 9.17) is 18.9 Å². The molecular formula is C21H23F2N3O5. The van der Waals surface area contributed by atoms with Crippen molar-refractivity contribution in [2.45, 2.75) is 26.5 Å². The van der Waals surface area contributed by atoms with E-state index in [1.54, 1.807) is 6.07 Å². The van der Waals surface area contributed by atoms with Gasteiger partial charge in [0.15, 0.2) is 29.0 Å². The summed E-state index contributed by atoms with van der Waals surface area (Å²) in [6, 6.07) is 8.84. The number of rotatable bonds is 8. The van der Waals surface area contributed by atoms with Gasteiger partial charge in [0.05, 0.1) is 6.54 Å². The van der Waals surface area contributed by atoms with E-state index in [2.05, 4.69) is 20.4 Å². The van der Waals surface area contributed by atoms with Gasteiger partial charge in [-0.2, -0.15) is 8.78 Å². The van der Waals surface area contributed by atoms with Gasteiger partial charge in [-0.05, 0) is 37.1 Å². The van der Waals surface area contributed by atoms with Crippen molar-refractivity contribution in [2.24, 2.45) is 4.99 Å². The number of ether oxygens (including phenoxy) is 5. The first-order chi connectivity index (χ1) is 15.1. The fourth-order valence-electron chi connectivity index (χ4n) is 3.22. The standard InChI is InChI=1S/C21H23F2N3O5/c1-2-24-21(25-6-5-13-3-4-15-17(7-13)28-11-27-15)26-10-14-8-18-19(30-12-29-18)9-16(14)31-20(22)23/h3-4,7-9,20H,2,5-6,10-12H2,1H3,(H2,24,25,26). The predicted octanol–water partition coefficient (Wildman–Crippen LogP) is 3.04. The molecule has 0 spiro atoms. The summed E-state index contributed by atoms with van der Waals surface area (Å²) in [5, 5.41) is 6.38. The Hall–Kier alpha value is -3.43. The number of nitrogens with zero attached hydrogens (tertiary/aromatic N) is 1. The molecule has 0 atom stereocenters. The molecule has 2 aromatic rings. The molecule has 2 aromatic carbocycles. The molecule has 10 heteroatoms. The summed E-state index contributed by atoms with van der Waals surface area (Å²) in [5.41, 5.74) is 1.56. The van der Waals surface area contributed by atoms with Crippen LogP contribution < -0.4 is 34.3 Å². The number of halogens is 2. The van der Waals surface area contributed by atoms with E-state index in [0.29, 0.717) is 36.1 Å². The van der Waals surface area contributed by atoms with Crippen LogP contribution in [0, 0.1) is 0 Å². The lowest BCUT2D eigenvalue weighted by Gasteiger charge is -2.13. The molecule has 0 amide bonds. The first kappa shape index (κ1) is 20.8. The van der Waals surface area contributed by atoms with Gasteiger partial charge in [-0.3, -0.25) is 0 Å². The summed E-state index contributed by atoms with van der Waals surface area (Å²) in [6.07, 6.45) is 0.741. The summed E-state index contributed by atoms with van der Waals surface area (Å²) in [4.78, 5) is 4.49. The Kier molecular flexibility index (Phi) is 6.44. The number of nitrogens with one attached hydrogen (secondary N) is 2. The summed E-state index contributed by atoms with van der Waals surface area (Å²) in [7, 11) is 0. The first-order valence-electron chi connectivity index (χ1n) is 9.90. The molecule has 0 aromatic heterocycles. The minimum Gasteiger partial charge on any atom is -0.454 e. The molecule has 166 valence electrons. The monoisotopic (exact) mass is 435 g/mol. The maximum Gasteiger partial charge on any atom is 0.387 e. The van der Waals surface area contributed by atoms with E-state index < -0.39 is 6.61 Å². The second-order valence-electron chi connectivity index (χ2n) is 6.75. The molecule has 31 heavy (non-hydrogen) atoms. The SMILES string of the molecule is CCNC(=NCc1cc2c(cc1OC(F)F)OCO2)NCCc1ccc2c(c1)OCO2. The Bertz CT molecular complexity index is 955. The van der Waals surface area contributed by atoms with Crippen molar-refractivity contribution in [2.75, 3.05) is 26.7 Å². The molecule has 0 saturated carbocycles. The Morgan fingerprint density at radius 1 is 1.00 bits per heavy atom. The summed E-state index contributed by atoms with van der Waals surface area (Å²) < 4.78 is 51.6. The van der Waals surface area contributed by atoms with E-state index >= 15 is 0 Å². The molecule has 8 nitrogen and oxygen atoms in total. The number of aliphatic imine (C=N–C) groups is 1. The van der Waals surface area contributed by atoms with Crippen molar-refractivity contribution in [3.05, 3.63) is 41.5 Å². The zero-order chi connectivity index (χ0) is 21.6. The number of hydrogen-bond acceptors (Lipinski definition) is 6. The first-order valence-corrected chi connectivity index (χ1v) is 9.90. The summed E-state index contributed by atoms with van der Waals surface area (Å²) >= 11 is 0. The highest BCUT2D eigenvalue weighted by atomic mass is 19.3. The van der Waals surface area contributed by atoms with Gasteiger partial charge in [0.2, 0.25) is 13.6 Å². The lowest BCUT2D eigenvalue weighted by Crippen LogP contribution is -2.38. The van der Waals surface area contributed by atoms with Crippen LogP contribution in [0.5, 0.6) is 28.7 Å². The fourth-order valence-corrected chi connectivity index (χ4v) is 3.22. The second kappa shape index (κ2) is 9.59. The Labute approximate surface area is 178 Å². The lowest BCUT2D eigenvalue weighted by molar-refractivity contribution is -0.0505. The third-order valence-corrected chi connectivity index (χ3v) is 4.67. The van der Waals surface area contributed by atoms with Gasteiger partial charge in [-0.1, -0.05) is 6.07 Å². The van der Waals surface area contributed by atoms with Gasteiger partial charge < -0.3 is 34.3 Å². The largest absolute Gasteiger partial charge is 0.454 e. The number of alkyl halides is 2. The van der Waals surface area contributed by atoms with Crippen molar-refractivity contribution in [3.63, 3.8) is 0 Å². The van der Waals surface area contributed by atoms with Crippen LogP contribution in [0.2, 0.25) is 0 Å². The van der Waals surface area contributed by atoms with Crippen LogP contribution in [0.4, 0.5) is 8.78 Å². The van der Waals surface area contributed by atoms with Gasteiger partial charge in [0.25, 0.3) is 0 Å². The van der Waals surface area contributed by atoms with Gasteiger partial charge >= 0.3 is 6.61 Å². The van der Waals surface area contributed by atoms with E-state index in [0.717, 1.165) is 23.5 Å². The minimum absolute atomic E-state index is 0.0132. The van der Waals surface area contributed by atoms with Gasteiger partial charge in [-0.15, -0.1) is 0 Å². The van der Waals surface area contributed by atoms with Gasteiger partial charge in [0, 0.05) is 24.7 Å². The zero-order valence-electron chi connectivity index (χ0n) is 17.0. The predicted molar refractivity (Wildman–Crippen MR) is 108 cm³/mol. The van der Waals surface area contributed by atoms with Crippen molar-refractivity contribution in [1.82, 2.24) is 10.6 Å². The maximum atomic E-state index is 12.8. The van der Waals surface area contributed by atoms with Crippen LogP contribution in [-0.4, -0.2) is 39.2 Å².